The van der Waals surface area contributed by atoms with Gasteiger partial charge in [0.05, 0.1) is 11.1 Å². The van der Waals surface area contributed by atoms with Crippen molar-refractivity contribution in [3.05, 3.63) is 30.1 Å². The average molecular weight is 366 g/mol. The first kappa shape index (κ1) is 16.8. The summed E-state index contributed by atoms with van der Waals surface area (Å²) in [5.74, 6) is -0.413. The van der Waals surface area contributed by atoms with Gasteiger partial charge in [0.2, 0.25) is 0 Å². The fraction of sp³-hybridized carbons (Fsp3) is 0.579. The van der Waals surface area contributed by atoms with E-state index in [0.717, 1.165) is 32.1 Å². The van der Waals surface area contributed by atoms with E-state index in [0.29, 0.717) is 18.3 Å². The van der Waals surface area contributed by atoms with Gasteiger partial charge in [-0.1, -0.05) is 12.1 Å². The predicted molar refractivity (Wildman–Crippen MR) is 91.7 cm³/mol. The van der Waals surface area contributed by atoms with Crippen LogP contribution in [0.1, 0.15) is 38.5 Å². The number of alkyl halides is 1. The lowest BCUT2D eigenvalue weighted by molar-refractivity contribution is -0.171. The number of halogens is 2. The summed E-state index contributed by atoms with van der Waals surface area (Å²) < 4.78 is 18.9. The molecule has 4 bridgehead atoms. The Kier molecular flexibility index (Phi) is 4.02. The molecule has 25 heavy (non-hydrogen) atoms. The smallest absolute Gasteiger partial charge is 0.312 e. The van der Waals surface area contributed by atoms with Crippen molar-refractivity contribution in [2.75, 3.05) is 11.9 Å². The van der Waals surface area contributed by atoms with Crippen molar-refractivity contribution in [1.82, 2.24) is 0 Å². The van der Waals surface area contributed by atoms with Crippen LogP contribution in [0, 0.1) is 23.1 Å². The highest BCUT2D eigenvalue weighted by molar-refractivity contribution is 6.24. The highest BCUT2D eigenvalue weighted by atomic mass is 35.5. The summed E-state index contributed by atoms with van der Waals surface area (Å²) in [7, 11) is 0. The Morgan fingerprint density at radius 3 is 2.52 bits per heavy atom. The van der Waals surface area contributed by atoms with E-state index >= 15 is 0 Å². The second kappa shape index (κ2) is 5.97. The summed E-state index contributed by atoms with van der Waals surface area (Å²) >= 11 is 6.72. The van der Waals surface area contributed by atoms with Crippen LogP contribution in [0.5, 0.6) is 0 Å². The summed E-state index contributed by atoms with van der Waals surface area (Å²) in [4.78, 5) is 24.4. The molecule has 0 aromatic heterocycles. The van der Waals surface area contributed by atoms with Crippen molar-refractivity contribution in [2.24, 2.45) is 17.3 Å². The van der Waals surface area contributed by atoms with Gasteiger partial charge in [0.1, 0.15) is 5.82 Å². The number of ether oxygens (including phenoxy) is 1. The van der Waals surface area contributed by atoms with E-state index in [1.54, 1.807) is 12.1 Å². The van der Waals surface area contributed by atoms with E-state index in [-0.39, 0.29) is 16.5 Å². The van der Waals surface area contributed by atoms with Crippen LogP contribution >= 0.6 is 11.6 Å². The van der Waals surface area contributed by atoms with Crippen molar-refractivity contribution >= 4 is 29.2 Å². The quantitative estimate of drug-likeness (QED) is 0.650. The minimum absolute atomic E-state index is 0.0815. The van der Waals surface area contributed by atoms with Gasteiger partial charge in [0.25, 0.3) is 5.91 Å². The van der Waals surface area contributed by atoms with Crippen molar-refractivity contribution < 1.29 is 18.7 Å². The Bertz CT molecular complexity index is 708. The third-order valence-electron chi connectivity index (χ3n) is 5.91. The lowest BCUT2D eigenvalue weighted by Crippen LogP contribution is -2.56. The van der Waals surface area contributed by atoms with Gasteiger partial charge in [-0.15, -0.1) is 11.6 Å². The Hall–Kier alpha value is -1.62. The van der Waals surface area contributed by atoms with Gasteiger partial charge >= 0.3 is 5.97 Å². The standard InChI is InChI=1S/C19H21ClFNO3/c20-19-8-12-5-13(9-19)7-18(6-12,11-19)17(24)25-10-16(23)22-15-4-2-1-3-14(15)21/h1-4,12-13H,5-11H2,(H,22,23)/t12-,13-,18?,19?/m1/s1. The predicted octanol–water partition coefficient (Wildman–Crippen LogP) is 3.89. The molecule has 134 valence electrons. The molecule has 4 aliphatic carbocycles. The van der Waals surface area contributed by atoms with Crippen LogP contribution in [0.25, 0.3) is 0 Å². The minimum Gasteiger partial charge on any atom is -0.455 e. The molecule has 0 radical (unpaired) electrons. The zero-order valence-corrected chi connectivity index (χ0v) is 14.7. The molecule has 1 N–H and O–H groups in total. The number of carbonyl (C=O) groups excluding carboxylic acids is 2. The Morgan fingerprint density at radius 1 is 1.20 bits per heavy atom. The fourth-order valence-corrected chi connectivity index (χ4v) is 6.11. The van der Waals surface area contributed by atoms with Gasteiger partial charge in [-0.2, -0.15) is 0 Å². The molecule has 0 heterocycles. The molecule has 0 unspecified atom stereocenters. The van der Waals surface area contributed by atoms with Crippen molar-refractivity contribution in [3.63, 3.8) is 0 Å². The number of amides is 1. The average Bonchev–Trinajstić information content (AvgIpc) is 2.52. The maximum atomic E-state index is 13.6. The van der Waals surface area contributed by atoms with Gasteiger partial charge in [-0.3, -0.25) is 9.59 Å². The van der Waals surface area contributed by atoms with E-state index < -0.39 is 23.7 Å². The van der Waals surface area contributed by atoms with Gasteiger partial charge in [0.15, 0.2) is 6.61 Å². The molecule has 4 saturated carbocycles. The van der Waals surface area contributed by atoms with Crippen molar-refractivity contribution in [3.8, 4) is 0 Å². The molecule has 1 aromatic carbocycles. The number of hydrogen-bond acceptors (Lipinski definition) is 3. The second-order valence-electron chi connectivity index (χ2n) is 8.00. The largest absolute Gasteiger partial charge is 0.455 e. The van der Waals surface area contributed by atoms with Gasteiger partial charge < -0.3 is 10.1 Å². The van der Waals surface area contributed by atoms with Crippen molar-refractivity contribution in [1.29, 1.82) is 0 Å². The summed E-state index contributed by atoms with van der Waals surface area (Å²) in [6.45, 7) is -0.403. The molecule has 5 rings (SSSR count). The first-order valence-corrected chi connectivity index (χ1v) is 9.16. The topological polar surface area (TPSA) is 55.4 Å². The van der Waals surface area contributed by atoms with Crippen LogP contribution in [-0.2, 0) is 14.3 Å². The normalized spacial score (nSPS) is 35.4. The zero-order valence-electron chi connectivity index (χ0n) is 13.9. The molecule has 4 nitrogen and oxygen atoms in total. The number of esters is 1. The third kappa shape index (κ3) is 3.14. The molecule has 1 aromatic rings. The van der Waals surface area contributed by atoms with Gasteiger partial charge in [-0.05, 0) is 62.5 Å². The van der Waals surface area contributed by atoms with Crippen LogP contribution in [0.15, 0.2) is 24.3 Å². The van der Waals surface area contributed by atoms with Crippen LogP contribution in [0.2, 0.25) is 0 Å². The zero-order chi connectivity index (χ0) is 17.7. The maximum Gasteiger partial charge on any atom is 0.312 e. The second-order valence-corrected chi connectivity index (χ2v) is 8.80. The van der Waals surface area contributed by atoms with E-state index in [2.05, 4.69) is 5.32 Å². The number of benzene rings is 1. The van der Waals surface area contributed by atoms with E-state index in [1.165, 1.54) is 12.1 Å². The molecule has 0 spiro atoms. The van der Waals surface area contributed by atoms with Crippen LogP contribution in [0.4, 0.5) is 10.1 Å². The number of nitrogens with one attached hydrogen (secondary N) is 1. The summed E-state index contributed by atoms with van der Waals surface area (Å²) in [5, 5.41) is 2.43. The van der Waals surface area contributed by atoms with Crippen LogP contribution < -0.4 is 5.32 Å². The Labute approximate surface area is 151 Å². The number of para-hydroxylation sites is 1. The van der Waals surface area contributed by atoms with Crippen LogP contribution in [0.3, 0.4) is 0 Å². The molecule has 0 saturated heterocycles. The van der Waals surface area contributed by atoms with E-state index in [9.17, 15) is 14.0 Å². The minimum atomic E-state index is -0.538. The molecule has 4 fully saturated rings. The number of rotatable bonds is 4. The molecule has 6 heteroatoms. The summed E-state index contributed by atoms with van der Waals surface area (Å²) in [6, 6.07) is 5.89. The number of hydrogen-bond donors (Lipinski definition) is 1. The lowest BCUT2D eigenvalue weighted by atomic mass is 9.49. The monoisotopic (exact) mass is 365 g/mol. The fourth-order valence-electron chi connectivity index (χ4n) is 5.42. The number of carbonyl (C=O) groups is 2. The molecule has 1 amide bonds. The van der Waals surface area contributed by atoms with Gasteiger partial charge in [-0.25, -0.2) is 4.39 Å². The van der Waals surface area contributed by atoms with Crippen LogP contribution in [-0.4, -0.2) is 23.4 Å². The third-order valence-corrected chi connectivity index (χ3v) is 6.35. The Morgan fingerprint density at radius 2 is 1.88 bits per heavy atom. The highest BCUT2D eigenvalue weighted by Gasteiger charge is 2.60. The van der Waals surface area contributed by atoms with Gasteiger partial charge in [0, 0.05) is 4.87 Å². The Balaban J connectivity index is 1.38. The summed E-state index contributed by atoms with van der Waals surface area (Å²) in [5.41, 5.74) is -0.456. The first-order chi connectivity index (χ1) is 11.9. The summed E-state index contributed by atoms with van der Waals surface area (Å²) in [6.07, 6.45) is 5.37. The molecule has 4 aliphatic rings. The SMILES string of the molecule is O=C(COC(=O)C12C[C@H]3C[C@@H](CC(Cl)(C3)C1)C2)Nc1ccccc1F. The van der Waals surface area contributed by atoms with E-state index in [4.69, 9.17) is 16.3 Å². The molecular formula is C19H21ClFNO3. The lowest BCUT2D eigenvalue weighted by Gasteiger charge is -2.58. The molecular weight excluding hydrogens is 345 g/mol. The first-order valence-electron chi connectivity index (χ1n) is 8.78. The highest BCUT2D eigenvalue weighted by Crippen LogP contribution is 2.64. The molecule has 0 aliphatic heterocycles. The van der Waals surface area contributed by atoms with Crippen molar-refractivity contribution in [2.45, 2.75) is 43.4 Å². The maximum absolute atomic E-state index is 13.6. The number of anilines is 1. The molecule has 2 atom stereocenters. The van der Waals surface area contributed by atoms with E-state index in [1.807, 2.05) is 0 Å².